The summed E-state index contributed by atoms with van der Waals surface area (Å²) in [6.07, 6.45) is -8.41. The van der Waals surface area contributed by atoms with Crippen molar-refractivity contribution in [2.24, 2.45) is 23.7 Å². The van der Waals surface area contributed by atoms with E-state index in [1.54, 1.807) is 6.08 Å². The second-order valence-corrected chi connectivity index (χ2v) is 7.90. The van der Waals surface area contributed by atoms with Crippen LogP contribution in [0.4, 0.5) is 26.3 Å². The normalized spacial score (nSPS) is 30.6. The average molecular weight is 400 g/mol. The van der Waals surface area contributed by atoms with Gasteiger partial charge in [-0.25, -0.2) is 0 Å². The Morgan fingerprint density at radius 2 is 1.56 bits per heavy atom. The number of rotatable bonds is 4. The third kappa shape index (κ3) is 3.59. The summed E-state index contributed by atoms with van der Waals surface area (Å²) in [5.41, 5.74) is -5.08. The van der Waals surface area contributed by atoms with Crippen LogP contribution < -0.4 is 0 Å². The second kappa shape index (κ2) is 6.97. The molecule has 0 amide bonds. The quantitative estimate of drug-likeness (QED) is 0.428. The maximum absolute atomic E-state index is 13.4. The van der Waals surface area contributed by atoms with Crippen LogP contribution in [0.3, 0.4) is 0 Å². The van der Waals surface area contributed by atoms with Gasteiger partial charge in [0.2, 0.25) is 0 Å². The lowest BCUT2D eigenvalue weighted by atomic mass is 9.77. The van der Waals surface area contributed by atoms with Crippen LogP contribution in [0.15, 0.2) is 12.2 Å². The molecule has 3 aliphatic carbocycles. The van der Waals surface area contributed by atoms with Gasteiger partial charge >= 0.3 is 18.3 Å². The van der Waals surface area contributed by atoms with Crippen LogP contribution in [0.2, 0.25) is 0 Å². The SMILES string of the molecule is O=C(OC(C1CCCCC1)C(O)(C(F)(F)F)C(F)(F)F)C1CC2C=CC1C2. The minimum absolute atomic E-state index is 0.0447. The van der Waals surface area contributed by atoms with Gasteiger partial charge in [-0.2, -0.15) is 26.3 Å². The van der Waals surface area contributed by atoms with Gasteiger partial charge in [-0.15, -0.1) is 0 Å². The number of hydrogen-bond acceptors (Lipinski definition) is 3. The third-order valence-corrected chi connectivity index (χ3v) is 6.18. The van der Waals surface area contributed by atoms with Gasteiger partial charge in [0, 0.05) is 0 Å². The molecule has 3 rings (SSSR count). The molecule has 3 aliphatic rings. The predicted molar refractivity (Wildman–Crippen MR) is 82.4 cm³/mol. The Labute approximate surface area is 152 Å². The molecule has 0 heterocycles. The molecule has 2 bridgehead atoms. The molecule has 0 aromatic rings. The highest BCUT2D eigenvalue weighted by atomic mass is 19.4. The molecule has 0 radical (unpaired) electrons. The molecule has 3 nitrogen and oxygen atoms in total. The van der Waals surface area contributed by atoms with Crippen molar-refractivity contribution < 1.29 is 41.0 Å². The van der Waals surface area contributed by atoms with Crippen molar-refractivity contribution in [3.8, 4) is 0 Å². The largest absolute Gasteiger partial charge is 0.458 e. The molecular weight excluding hydrogens is 378 g/mol. The molecule has 2 saturated carbocycles. The minimum atomic E-state index is -6.01. The number of alkyl halides is 6. The number of esters is 1. The number of fused-ring (bicyclic) bond motifs is 2. The Kier molecular flexibility index (Phi) is 5.29. The molecule has 9 heteroatoms. The van der Waals surface area contributed by atoms with E-state index in [0.29, 0.717) is 32.1 Å². The number of halogens is 6. The molecule has 0 aliphatic heterocycles. The van der Waals surface area contributed by atoms with Crippen LogP contribution in [0.5, 0.6) is 0 Å². The first-order valence-electron chi connectivity index (χ1n) is 9.19. The summed E-state index contributed by atoms with van der Waals surface area (Å²) in [6.45, 7) is 0. The van der Waals surface area contributed by atoms with E-state index >= 15 is 0 Å². The van der Waals surface area contributed by atoms with Crippen LogP contribution in [0.1, 0.15) is 44.9 Å². The highest BCUT2D eigenvalue weighted by Gasteiger charge is 2.76. The van der Waals surface area contributed by atoms with E-state index in [1.165, 1.54) is 0 Å². The molecule has 1 N–H and O–H groups in total. The van der Waals surface area contributed by atoms with E-state index in [2.05, 4.69) is 0 Å². The predicted octanol–water partition coefficient (Wildman–Crippen LogP) is 4.55. The van der Waals surface area contributed by atoms with Crippen LogP contribution in [-0.4, -0.2) is 35.1 Å². The molecule has 4 atom stereocenters. The lowest BCUT2D eigenvalue weighted by Gasteiger charge is -2.43. The Morgan fingerprint density at radius 3 is 2.00 bits per heavy atom. The molecular formula is C18H22F6O3. The van der Waals surface area contributed by atoms with Gasteiger partial charge in [-0.05, 0) is 43.4 Å². The van der Waals surface area contributed by atoms with Crippen molar-refractivity contribution >= 4 is 5.97 Å². The second-order valence-electron chi connectivity index (χ2n) is 7.90. The summed E-state index contributed by atoms with van der Waals surface area (Å²) in [4.78, 5) is 12.5. The summed E-state index contributed by atoms with van der Waals surface area (Å²) in [5.74, 6) is -3.14. The monoisotopic (exact) mass is 400 g/mol. The first kappa shape index (κ1) is 20.5. The number of hydrogen-bond donors (Lipinski definition) is 1. The van der Waals surface area contributed by atoms with E-state index in [-0.39, 0.29) is 24.7 Å². The van der Waals surface area contributed by atoms with Gasteiger partial charge in [-0.1, -0.05) is 31.4 Å². The number of allylic oxidation sites excluding steroid dienone is 2. The molecule has 0 aromatic carbocycles. The third-order valence-electron chi connectivity index (χ3n) is 6.18. The van der Waals surface area contributed by atoms with Gasteiger partial charge in [0.15, 0.2) is 6.10 Å². The van der Waals surface area contributed by atoms with Crippen molar-refractivity contribution in [3.05, 3.63) is 12.2 Å². The standard InChI is InChI=1S/C18H22F6O3/c19-17(20,21)16(26,18(22,23)24)14(11-4-2-1-3-5-11)27-15(25)13-9-10-6-7-12(13)8-10/h6-7,10-14,26H,1-5,8-9H2. The fourth-order valence-corrected chi connectivity index (χ4v) is 4.71. The topological polar surface area (TPSA) is 46.5 Å². The summed E-state index contributed by atoms with van der Waals surface area (Å²) in [7, 11) is 0. The van der Waals surface area contributed by atoms with Gasteiger partial charge < -0.3 is 9.84 Å². The van der Waals surface area contributed by atoms with E-state index < -0.39 is 41.9 Å². The molecule has 4 unspecified atom stereocenters. The van der Waals surface area contributed by atoms with Gasteiger partial charge in [0.05, 0.1) is 5.92 Å². The van der Waals surface area contributed by atoms with Crippen molar-refractivity contribution in [1.29, 1.82) is 0 Å². The Morgan fingerprint density at radius 1 is 0.963 bits per heavy atom. The lowest BCUT2D eigenvalue weighted by Crippen LogP contribution is -2.67. The maximum Gasteiger partial charge on any atom is 0.430 e. The van der Waals surface area contributed by atoms with E-state index in [4.69, 9.17) is 4.74 Å². The van der Waals surface area contributed by atoms with Crippen molar-refractivity contribution in [1.82, 2.24) is 0 Å². The zero-order valence-electron chi connectivity index (χ0n) is 14.5. The molecule has 0 saturated heterocycles. The van der Waals surface area contributed by atoms with E-state index in [1.807, 2.05) is 6.08 Å². The van der Waals surface area contributed by atoms with Gasteiger partial charge in [-0.3, -0.25) is 4.79 Å². The number of aliphatic hydroxyl groups is 1. The Bertz CT molecular complexity index is 577. The molecule has 0 aromatic heterocycles. The highest BCUT2D eigenvalue weighted by molar-refractivity contribution is 5.74. The summed E-state index contributed by atoms with van der Waals surface area (Å²) in [6, 6.07) is 0. The van der Waals surface area contributed by atoms with Gasteiger partial charge in [0.1, 0.15) is 0 Å². The average Bonchev–Trinajstić information content (AvgIpc) is 3.21. The zero-order chi connectivity index (χ0) is 20.0. The molecule has 2 fully saturated rings. The zero-order valence-corrected chi connectivity index (χ0v) is 14.5. The van der Waals surface area contributed by atoms with E-state index in [0.717, 1.165) is 0 Å². The number of ether oxygens (including phenoxy) is 1. The van der Waals surface area contributed by atoms with Crippen LogP contribution >= 0.6 is 0 Å². The van der Waals surface area contributed by atoms with Crippen molar-refractivity contribution in [2.45, 2.75) is 69.0 Å². The molecule has 27 heavy (non-hydrogen) atoms. The summed E-state index contributed by atoms with van der Waals surface area (Å²) in [5, 5.41) is 9.88. The fraction of sp³-hybridized carbons (Fsp3) is 0.833. The summed E-state index contributed by atoms with van der Waals surface area (Å²) < 4.78 is 85.3. The smallest absolute Gasteiger partial charge is 0.430 e. The Hall–Kier alpha value is -1.25. The van der Waals surface area contributed by atoms with Crippen molar-refractivity contribution in [2.75, 3.05) is 0 Å². The first-order chi connectivity index (χ1) is 12.4. The lowest BCUT2D eigenvalue weighted by molar-refractivity contribution is -0.396. The first-order valence-corrected chi connectivity index (χ1v) is 9.19. The maximum atomic E-state index is 13.4. The van der Waals surface area contributed by atoms with E-state index in [9.17, 15) is 36.2 Å². The number of carbonyl (C=O) groups excluding carboxylic acids is 1. The Balaban J connectivity index is 1.90. The summed E-state index contributed by atoms with van der Waals surface area (Å²) >= 11 is 0. The molecule has 0 spiro atoms. The van der Waals surface area contributed by atoms with Crippen molar-refractivity contribution in [3.63, 3.8) is 0 Å². The van der Waals surface area contributed by atoms with Crippen LogP contribution in [-0.2, 0) is 9.53 Å². The van der Waals surface area contributed by atoms with Crippen LogP contribution in [0, 0.1) is 23.7 Å². The van der Waals surface area contributed by atoms with Crippen LogP contribution in [0.25, 0.3) is 0 Å². The number of carbonyl (C=O) groups is 1. The molecule has 154 valence electrons. The van der Waals surface area contributed by atoms with Gasteiger partial charge in [0.25, 0.3) is 5.60 Å². The fourth-order valence-electron chi connectivity index (χ4n) is 4.71. The highest BCUT2D eigenvalue weighted by Crippen LogP contribution is 2.51. The minimum Gasteiger partial charge on any atom is -0.458 e.